The van der Waals surface area contributed by atoms with E-state index in [4.69, 9.17) is 19.6 Å². The zero-order valence-corrected chi connectivity index (χ0v) is 24.6. The SMILES string of the molecule is COC(=O)C(OC(C)(C)C)c1c(C)nc2cc(-n3cc(Cc4ccccc4)cn3)nn2c1N1CCC(C)(C)CC1. The van der Waals surface area contributed by atoms with Gasteiger partial charge in [-0.05, 0) is 57.1 Å². The Morgan fingerprint density at radius 1 is 1.10 bits per heavy atom. The molecule has 1 unspecified atom stereocenters. The number of rotatable bonds is 7. The molecule has 1 saturated heterocycles. The van der Waals surface area contributed by atoms with Gasteiger partial charge in [-0.25, -0.2) is 14.5 Å². The molecule has 3 aromatic heterocycles. The summed E-state index contributed by atoms with van der Waals surface area (Å²) in [5.74, 6) is 1.02. The van der Waals surface area contributed by atoms with Crippen molar-refractivity contribution in [3.63, 3.8) is 0 Å². The van der Waals surface area contributed by atoms with Crippen molar-refractivity contribution in [1.29, 1.82) is 0 Å². The van der Waals surface area contributed by atoms with Gasteiger partial charge in [0.05, 0.1) is 24.5 Å². The van der Waals surface area contributed by atoms with Crippen LogP contribution in [0.1, 0.15) is 75.9 Å². The van der Waals surface area contributed by atoms with Gasteiger partial charge in [-0.2, -0.15) is 9.61 Å². The zero-order valence-electron chi connectivity index (χ0n) is 24.6. The normalized spacial score (nSPS) is 16.3. The Morgan fingerprint density at radius 2 is 1.80 bits per heavy atom. The van der Waals surface area contributed by atoms with Crippen LogP contribution in [0.4, 0.5) is 5.82 Å². The fraction of sp³-hybridized carbons (Fsp3) is 0.484. The number of anilines is 1. The second kappa shape index (κ2) is 10.7. The molecular weight excluding hydrogens is 504 g/mol. The number of fused-ring (bicyclic) bond motifs is 1. The molecule has 0 amide bonds. The number of ether oxygens (including phenoxy) is 2. The van der Waals surface area contributed by atoms with E-state index in [9.17, 15) is 4.79 Å². The smallest absolute Gasteiger partial charge is 0.339 e. The van der Waals surface area contributed by atoms with Crippen molar-refractivity contribution in [1.82, 2.24) is 24.4 Å². The summed E-state index contributed by atoms with van der Waals surface area (Å²) in [5, 5.41) is 9.60. The maximum atomic E-state index is 13.2. The van der Waals surface area contributed by atoms with E-state index in [1.54, 1.807) is 4.68 Å². The molecule has 1 fully saturated rings. The molecule has 0 bridgehead atoms. The first-order chi connectivity index (χ1) is 18.9. The third-order valence-electron chi connectivity index (χ3n) is 7.48. The highest BCUT2D eigenvalue weighted by Gasteiger charge is 2.37. The van der Waals surface area contributed by atoms with Gasteiger partial charge in [0.15, 0.2) is 17.6 Å². The number of hydrogen-bond acceptors (Lipinski definition) is 7. The summed E-state index contributed by atoms with van der Waals surface area (Å²) in [6.45, 7) is 14.0. The summed E-state index contributed by atoms with van der Waals surface area (Å²) in [5.41, 5.74) is 4.08. The Labute approximate surface area is 236 Å². The number of aromatic nitrogens is 5. The lowest BCUT2D eigenvalue weighted by Crippen LogP contribution is -2.40. The predicted octanol–water partition coefficient (Wildman–Crippen LogP) is 5.47. The van der Waals surface area contributed by atoms with Crippen LogP contribution in [0.2, 0.25) is 0 Å². The van der Waals surface area contributed by atoms with Gasteiger partial charge >= 0.3 is 5.97 Å². The molecule has 0 radical (unpaired) electrons. The molecule has 0 saturated carbocycles. The predicted molar refractivity (Wildman–Crippen MR) is 155 cm³/mol. The number of aryl methyl sites for hydroxylation is 1. The van der Waals surface area contributed by atoms with Crippen molar-refractivity contribution in [3.8, 4) is 5.82 Å². The summed E-state index contributed by atoms with van der Waals surface area (Å²) >= 11 is 0. The van der Waals surface area contributed by atoms with E-state index < -0.39 is 17.7 Å². The average Bonchev–Trinajstić information content (AvgIpc) is 3.53. The second-order valence-corrected chi connectivity index (χ2v) is 12.4. The van der Waals surface area contributed by atoms with Gasteiger partial charge in [0, 0.05) is 37.5 Å². The first-order valence-corrected chi connectivity index (χ1v) is 13.9. The van der Waals surface area contributed by atoms with Gasteiger partial charge in [0.2, 0.25) is 0 Å². The molecule has 0 spiro atoms. The number of methoxy groups -OCH3 is 1. The maximum Gasteiger partial charge on any atom is 0.339 e. The summed E-state index contributed by atoms with van der Waals surface area (Å²) in [6, 6.07) is 12.3. The van der Waals surface area contributed by atoms with E-state index in [0.29, 0.717) is 22.7 Å². The minimum Gasteiger partial charge on any atom is -0.467 e. The van der Waals surface area contributed by atoms with E-state index in [1.807, 2.05) is 68.9 Å². The van der Waals surface area contributed by atoms with Crippen LogP contribution in [0.5, 0.6) is 0 Å². The van der Waals surface area contributed by atoms with Gasteiger partial charge in [-0.1, -0.05) is 44.2 Å². The highest BCUT2D eigenvalue weighted by molar-refractivity contribution is 5.80. The van der Waals surface area contributed by atoms with Crippen LogP contribution >= 0.6 is 0 Å². The second-order valence-electron chi connectivity index (χ2n) is 12.4. The minimum atomic E-state index is -0.943. The van der Waals surface area contributed by atoms with Crippen LogP contribution in [-0.2, 0) is 20.7 Å². The fourth-order valence-corrected chi connectivity index (χ4v) is 5.24. The van der Waals surface area contributed by atoms with Crippen LogP contribution in [0.3, 0.4) is 0 Å². The molecule has 4 heterocycles. The van der Waals surface area contributed by atoms with Crippen molar-refractivity contribution in [2.75, 3.05) is 25.1 Å². The highest BCUT2D eigenvalue weighted by atomic mass is 16.6. The number of piperidine rings is 1. The van der Waals surface area contributed by atoms with E-state index in [0.717, 1.165) is 43.7 Å². The number of carbonyl (C=O) groups excluding carboxylic acids is 1. The Hall–Kier alpha value is -3.72. The largest absolute Gasteiger partial charge is 0.467 e. The Balaban J connectivity index is 1.62. The molecule has 1 atom stereocenters. The zero-order chi connectivity index (χ0) is 28.7. The molecule has 1 aliphatic rings. The number of carbonyl (C=O) groups is 1. The van der Waals surface area contributed by atoms with Crippen LogP contribution < -0.4 is 4.90 Å². The monoisotopic (exact) mass is 544 g/mol. The molecule has 40 heavy (non-hydrogen) atoms. The summed E-state index contributed by atoms with van der Waals surface area (Å²) < 4.78 is 15.2. The average molecular weight is 545 g/mol. The van der Waals surface area contributed by atoms with Crippen LogP contribution in [-0.4, -0.2) is 56.1 Å². The quantitative estimate of drug-likeness (QED) is 0.285. The van der Waals surface area contributed by atoms with Crippen molar-refractivity contribution >= 4 is 17.4 Å². The summed E-state index contributed by atoms with van der Waals surface area (Å²) in [7, 11) is 1.39. The molecule has 1 aromatic carbocycles. The van der Waals surface area contributed by atoms with Crippen LogP contribution in [0, 0.1) is 12.3 Å². The van der Waals surface area contributed by atoms with Crippen molar-refractivity contribution in [2.45, 2.75) is 72.5 Å². The number of benzene rings is 1. The van der Waals surface area contributed by atoms with Crippen LogP contribution in [0.15, 0.2) is 48.8 Å². The molecule has 9 nitrogen and oxygen atoms in total. The number of esters is 1. The minimum absolute atomic E-state index is 0.251. The van der Waals surface area contributed by atoms with Crippen molar-refractivity contribution < 1.29 is 14.3 Å². The molecule has 9 heteroatoms. The van der Waals surface area contributed by atoms with E-state index >= 15 is 0 Å². The standard InChI is InChI=1S/C31H40N6O3/c1-21-26(27(29(38)39-7)40-30(2,3)4)28(35-15-13-31(5,6)14-16-35)37-24(33-21)18-25(34-37)36-20-23(19-32-36)17-22-11-9-8-10-12-22/h8-12,18-20,27H,13-17H2,1-7H3. The molecule has 1 aliphatic heterocycles. The van der Waals surface area contributed by atoms with Crippen molar-refractivity contribution in [3.05, 3.63) is 71.2 Å². The van der Waals surface area contributed by atoms with Gasteiger partial charge in [-0.15, -0.1) is 5.10 Å². The topological polar surface area (TPSA) is 86.8 Å². The van der Waals surface area contributed by atoms with Gasteiger partial charge < -0.3 is 14.4 Å². The van der Waals surface area contributed by atoms with Gasteiger partial charge in [0.25, 0.3) is 0 Å². The van der Waals surface area contributed by atoms with Gasteiger partial charge in [0.1, 0.15) is 5.82 Å². The third kappa shape index (κ3) is 5.89. The number of hydrogen-bond donors (Lipinski definition) is 0. The van der Waals surface area contributed by atoms with E-state index in [1.165, 1.54) is 12.7 Å². The van der Waals surface area contributed by atoms with Crippen LogP contribution in [0.25, 0.3) is 11.5 Å². The van der Waals surface area contributed by atoms with Gasteiger partial charge in [-0.3, -0.25) is 0 Å². The molecule has 212 valence electrons. The molecule has 0 aliphatic carbocycles. The third-order valence-corrected chi connectivity index (χ3v) is 7.48. The van der Waals surface area contributed by atoms with E-state index in [-0.39, 0.29) is 5.41 Å². The summed E-state index contributed by atoms with van der Waals surface area (Å²) in [6.07, 6.45) is 5.77. The Bertz CT molecular complexity index is 1490. The first-order valence-electron chi connectivity index (χ1n) is 13.9. The van der Waals surface area contributed by atoms with E-state index in [2.05, 4.69) is 36.0 Å². The lowest BCUT2D eigenvalue weighted by atomic mass is 9.82. The van der Waals surface area contributed by atoms with Crippen molar-refractivity contribution in [2.24, 2.45) is 5.41 Å². The number of nitrogens with zero attached hydrogens (tertiary/aromatic N) is 6. The molecule has 0 N–H and O–H groups in total. The lowest BCUT2D eigenvalue weighted by Gasteiger charge is -2.39. The maximum absolute atomic E-state index is 13.2. The molecule has 5 rings (SSSR count). The molecular formula is C31H40N6O3. The Morgan fingerprint density at radius 3 is 2.45 bits per heavy atom. The molecule has 4 aromatic rings. The fourth-order valence-electron chi connectivity index (χ4n) is 5.24. The highest BCUT2D eigenvalue weighted by Crippen LogP contribution is 2.39. The first kappa shape index (κ1) is 27.8. The lowest BCUT2D eigenvalue weighted by molar-refractivity contribution is -0.164. The summed E-state index contributed by atoms with van der Waals surface area (Å²) in [4.78, 5) is 20.4. The Kier molecular flexibility index (Phi) is 7.44.